The van der Waals surface area contributed by atoms with Crippen LogP contribution in [-0.4, -0.2) is 41.6 Å². The lowest BCUT2D eigenvalue weighted by atomic mass is 10.0. The van der Waals surface area contributed by atoms with Crippen molar-refractivity contribution in [2.24, 2.45) is 0 Å². The highest BCUT2D eigenvalue weighted by molar-refractivity contribution is 5.99. The first-order valence-corrected chi connectivity index (χ1v) is 7.68. The number of benzene rings is 1. The Balaban J connectivity index is 1.75. The van der Waals surface area contributed by atoms with Crippen LogP contribution in [0.3, 0.4) is 0 Å². The largest absolute Gasteiger partial charge is 0.508 e. The first-order chi connectivity index (χ1) is 10.1. The van der Waals surface area contributed by atoms with Crippen molar-refractivity contribution in [2.75, 3.05) is 25.4 Å². The fraction of sp³-hybridized carbons (Fsp3) is 0.562. The zero-order valence-electron chi connectivity index (χ0n) is 12.6. The van der Waals surface area contributed by atoms with Gasteiger partial charge in [0.1, 0.15) is 5.75 Å². The summed E-state index contributed by atoms with van der Waals surface area (Å²) >= 11 is 0. The molecular formula is C16H25N3O2. The summed E-state index contributed by atoms with van der Waals surface area (Å²) in [6.45, 7) is 5.06. The van der Waals surface area contributed by atoms with Crippen LogP contribution in [-0.2, 0) is 0 Å². The number of carbonyl (C=O) groups is 1. The maximum Gasteiger partial charge on any atom is 0.253 e. The molecule has 1 unspecified atom stereocenters. The minimum absolute atomic E-state index is 0.0523. The van der Waals surface area contributed by atoms with Crippen molar-refractivity contribution < 1.29 is 9.90 Å². The quantitative estimate of drug-likeness (QED) is 0.440. The number of hydrogen-bond acceptors (Lipinski definition) is 4. The number of anilines is 1. The first kappa shape index (κ1) is 15.6. The molecule has 21 heavy (non-hydrogen) atoms. The highest BCUT2D eigenvalue weighted by atomic mass is 16.3. The van der Waals surface area contributed by atoms with E-state index in [1.54, 1.807) is 6.07 Å². The second-order valence-corrected chi connectivity index (χ2v) is 5.76. The van der Waals surface area contributed by atoms with Gasteiger partial charge in [0.25, 0.3) is 5.91 Å². The molecule has 0 saturated carbocycles. The molecule has 0 spiro atoms. The molecule has 116 valence electrons. The average molecular weight is 291 g/mol. The minimum atomic E-state index is -0.227. The number of nitrogens with zero attached hydrogens (tertiary/aromatic N) is 1. The smallest absolute Gasteiger partial charge is 0.253 e. The Hall–Kier alpha value is -1.75. The molecule has 0 aliphatic carbocycles. The molecule has 1 saturated heterocycles. The second kappa shape index (κ2) is 7.31. The van der Waals surface area contributed by atoms with Gasteiger partial charge in [-0.3, -0.25) is 4.79 Å². The van der Waals surface area contributed by atoms with Gasteiger partial charge in [-0.1, -0.05) is 6.42 Å². The van der Waals surface area contributed by atoms with E-state index >= 15 is 0 Å². The van der Waals surface area contributed by atoms with Crippen LogP contribution in [0, 0.1) is 0 Å². The summed E-state index contributed by atoms with van der Waals surface area (Å²) in [6, 6.07) is 5.07. The van der Waals surface area contributed by atoms with Gasteiger partial charge in [-0.2, -0.15) is 0 Å². The molecule has 0 bridgehead atoms. The van der Waals surface area contributed by atoms with Crippen molar-refractivity contribution in [2.45, 2.75) is 38.6 Å². The molecule has 0 radical (unpaired) electrons. The predicted molar refractivity (Wildman–Crippen MR) is 84.4 cm³/mol. The van der Waals surface area contributed by atoms with Crippen molar-refractivity contribution >= 4 is 11.6 Å². The number of rotatable bonds is 5. The highest BCUT2D eigenvalue weighted by Crippen LogP contribution is 2.18. The number of aromatic hydroxyl groups is 1. The summed E-state index contributed by atoms with van der Waals surface area (Å²) in [5.41, 5.74) is 6.47. The Morgan fingerprint density at radius 1 is 1.48 bits per heavy atom. The van der Waals surface area contributed by atoms with Gasteiger partial charge in [0, 0.05) is 24.8 Å². The number of nitrogen functional groups attached to an aromatic ring is 1. The van der Waals surface area contributed by atoms with Crippen LogP contribution in [0.2, 0.25) is 0 Å². The Kier molecular flexibility index (Phi) is 5.44. The third kappa shape index (κ3) is 4.36. The predicted octanol–water partition coefficient (Wildman–Crippen LogP) is 1.97. The van der Waals surface area contributed by atoms with E-state index in [9.17, 15) is 9.90 Å². The van der Waals surface area contributed by atoms with Crippen LogP contribution in [0.15, 0.2) is 18.2 Å². The molecule has 0 aromatic heterocycles. The lowest BCUT2D eigenvalue weighted by molar-refractivity contribution is 0.0949. The van der Waals surface area contributed by atoms with Crippen LogP contribution in [0.25, 0.3) is 0 Å². The summed E-state index contributed by atoms with van der Waals surface area (Å²) in [5, 5.41) is 12.3. The molecule has 5 heteroatoms. The summed E-state index contributed by atoms with van der Waals surface area (Å²) < 4.78 is 0. The van der Waals surface area contributed by atoms with Gasteiger partial charge in [-0.15, -0.1) is 0 Å². The molecule has 5 nitrogen and oxygen atoms in total. The van der Waals surface area contributed by atoms with Crippen LogP contribution in [0.1, 0.15) is 43.0 Å². The fourth-order valence-corrected chi connectivity index (χ4v) is 2.81. The number of nitrogens with two attached hydrogens (primary N) is 1. The van der Waals surface area contributed by atoms with Gasteiger partial charge in [0.05, 0.1) is 5.56 Å². The molecule has 1 atom stereocenters. The summed E-state index contributed by atoms with van der Waals surface area (Å²) in [7, 11) is 0. The number of likely N-dealkylation sites (tertiary alicyclic amines) is 1. The van der Waals surface area contributed by atoms with Gasteiger partial charge < -0.3 is 21.1 Å². The van der Waals surface area contributed by atoms with Crippen molar-refractivity contribution in [3.63, 3.8) is 0 Å². The maximum absolute atomic E-state index is 12.0. The van der Waals surface area contributed by atoms with Gasteiger partial charge >= 0.3 is 0 Å². The number of carbonyl (C=O) groups excluding carboxylic acids is 1. The van der Waals surface area contributed by atoms with Crippen molar-refractivity contribution in [3.05, 3.63) is 23.8 Å². The average Bonchev–Trinajstić information content (AvgIpc) is 2.47. The Morgan fingerprint density at radius 2 is 2.29 bits per heavy atom. The Bertz CT molecular complexity index is 490. The van der Waals surface area contributed by atoms with E-state index in [0.29, 0.717) is 23.8 Å². The fourth-order valence-electron chi connectivity index (χ4n) is 2.81. The minimum Gasteiger partial charge on any atom is -0.508 e. The van der Waals surface area contributed by atoms with Crippen LogP contribution < -0.4 is 11.1 Å². The van der Waals surface area contributed by atoms with Crippen molar-refractivity contribution in [1.82, 2.24) is 10.2 Å². The molecule has 1 heterocycles. The molecular weight excluding hydrogens is 266 g/mol. The number of nitrogens with one attached hydrogen (secondary N) is 1. The summed E-state index contributed by atoms with van der Waals surface area (Å²) in [6.07, 6.45) is 4.79. The summed E-state index contributed by atoms with van der Waals surface area (Å²) in [4.78, 5) is 14.5. The van der Waals surface area contributed by atoms with Crippen LogP contribution in [0.5, 0.6) is 5.75 Å². The van der Waals surface area contributed by atoms with E-state index < -0.39 is 0 Å². The van der Waals surface area contributed by atoms with Gasteiger partial charge in [-0.25, -0.2) is 0 Å². The molecule has 1 aromatic carbocycles. The standard InChI is InChI=1S/C16H25N3O2/c1-12-5-2-3-9-19(12)10-4-8-18-16(21)14-11-13(20)6-7-15(14)17/h6-7,11-12,20H,2-5,8-10,17H2,1H3,(H,18,21). The van der Waals surface area contributed by atoms with E-state index in [1.807, 2.05) is 0 Å². The molecule has 2 rings (SSSR count). The Labute approximate surface area is 126 Å². The van der Waals surface area contributed by atoms with Crippen molar-refractivity contribution in [3.8, 4) is 5.75 Å². The van der Waals surface area contributed by atoms with Gasteiger partial charge in [0.2, 0.25) is 0 Å². The third-order valence-corrected chi connectivity index (χ3v) is 4.13. The van der Waals surface area contributed by atoms with Gasteiger partial charge in [-0.05, 0) is 50.9 Å². The van der Waals surface area contributed by atoms with Gasteiger partial charge in [0.15, 0.2) is 0 Å². The zero-order valence-corrected chi connectivity index (χ0v) is 12.6. The molecule has 1 fully saturated rings. The monoisotopic (exact) mass is 291 g/mol. The van der Waals surface area contributed by atoms with E-state index in [-0.39, 0.29) is 11.7 Å². The highest BCUT2D eigenvalue weighted by Gasteiger charge is 2.17. The van der Waals surface area contributed by atoms with E-state index in [4.69, 9.17) is 5.73 Å². The normalized spacial score (nSPS) is 19.4. The molecule has 4 N–H and O–H groups in total. The van der Waals surface area contributed by atoms with E-state index in [2.05, 4.69) is 17.1 Å². The molecule has 1 aromatic rings. The molecule has 1 aliphatic heterocycles. The third-order valence-electron chi connectivity index (χ3n) is 4.13. The van der Waals surface area contributed by atoms with E-state index in [1.165, 1.54) is 31.4 Å². The lowest BCUT2D eigenvalue weighted by Gasteiger charge is -2.33. The number of piperidine rings is 1. The number of hydrogen-bond donors (Lipinski definition) is 3. The first-order valence-electron chi connectivity index (χ1n) is 7.68. The maximum atomic E-state index is 12.0. The summed E-state index contributed by atoms with van der Waals surface area (Å²) in [5.74, 6) is -0.174. The zero-order chi connectivity index (χ0) is 15.2. The lowest BCUT2D eigenvalue weighted by Crippen LogP contribution is -2.39. The Morgan fingerprint density at radius 3 is 3.05 bits per heavy atom. The second-order valence-electron chi connectivity index (χ2n) is 5.76. The van der Waals surface area contributed by atoms with Crippen LogP contribution in [0.4, 0.5) is 5.69 Å². The molecule has 1 amide bonds. The molecule has 1 aliphatic rings. The topological polar surface area (TPSA) is 78.6 Å². The number of phenols is 1. The number of amides is 1. The van der Waals surface area contributed by atoms with Crippen LogP contribution >= 0.6 is 0 Å². The van der Waals surface area contributed by atoms with Crippen molar-refractivity contribution in [1.29, 1.82) is 0 Å². The van der Waals surface area contributed by atoms with E-state index in [0.717, 1.165) is 19.5 Å². The number of phenolic OH excluding ortho intramolecular Hbond substituents is 1. The SMILES string of the molecule is CC1CCCCN1CCCNC(=O)c1cc(O)ccc1N.